The van der Waals surface area contributed by atoms with Crippen molar-refractivity contribution in [3.8, 4) is 0 Å². The van der Waals surface area contributed by atoms with Gasteiger partial charge in [-0.25, -0.2) is 0 Å². The van der Waals surface area contributed by atoms with Crippen LogP contribution in [0.15, 0.2) is 60.7 Å². The fourth-order valence-corrected chi connectivity index (χ4v) is 2.20. The minimum Gasteiger partial charge on any atom is -0.345 e. The Balaban J connectivity index is 2.11. The van der Waals surface area contributed by atoms with Crippen molar-refractivity contribution in [2.24, 2.45) is 0 Å². The molecule has 1 atom stereocenters. The van der Waals surface area contributed by atoms with Crippen molar-refractivity contribution in [3.05, 3.63) is 71.8 Å². The summed E-state index contributed by atoms with van der Waals surface area (Å²) in [5.41, 5.74) is 1.05. The van der Waals surface area contributed by atoms with E-state index in [1.165, 1.54) is 0 Å². The Bertz CT molecular complexity index is 703. The molecule has 0 aliphatic rings. The molecule has 0 aliphatic heterocycles. The van der Waals surface area contributed by atoms with Crippen LogP contribution in [0, 0.1) is 0 Å². The van der Waals surface area contributed by atoms with Crippen molar-refractivity contribution in [1.82, 2.24) is 10.6 Å². The van der Waals surface area contributed by atoms with Gasteiger partial charge >= 0.3 is 6.18 Å². The summed E-state index contributed by atoms with van der Waals surface area (Å²) in [5.74, 6) is -1.41. The molecule has 0 spiro atoms. The van der Waals surface area contributed by atoms with Crippen LogP contribution in [0.5, 0.6) is 0 Å². The standard InChI is InChI=1S/C18H17F3N2O2/c19-18(20,21)12-22-17(25)15(11-13-7-3-1-4-8-13)23-16(24)14-9-5-2-6-10-14/h1-10,15H,11-12H2,(H,22,25)(H,23,24)/t15-/m1/s1. The molecule has 0 heterocycles. The van der Waals surface area contributed by atoms with E-state index in [0.717, 1.165) is 5.56 Å². The number of nitrogens with one attached hydrogen (secondary N) is 2. The van der Waals surface area contributed by atoms with E-state index in [9.17, 15) is 22.8 Å². The van der Waals surface area contributed by atoms with Gasteiger partial charge in [0.2, 0.25) is 5.91 Å². The number of hydrogen-bond acceptors (Lipinski definition) is 2. The van der Waals surface area contributed by atoms with Gasteiger partial charge in [0.25, 0.3) is 5.91 Å². The second-order valence-corrected chi connectivity index (χ2v) is 5.41. The van der Waals surface area contributed by atoms with Gasteiger partial charge in [0.05, 0.1) is 0 Å². The maximum atomic E-state index is 12.3. The first-order chi connectivity index (χ1) is 11.8. The van der Waals surface area contributed by atoms with E-state index in [1.807, 2.05) is 5.32 Å². The number of carbonyl (C=O) groups excluding carboxylic acids is 2. The number of benzene rings is 2. The van der Waals surface area contributed by atoms with E-state index >= 15 is 0 Å². The summed E-state index contributed by atoms with van der Waals surface area (Å²) in [6, 6.07) is 15.8. The van der Waals surface area contributed by atoms with Crippen molar-refractivity contribution in [1.29, 1.82) is 0 Å². The van der Waals surface area contributed by atoms with Gasteiger partial charge in [-0.3, -0.25) is 9.59 Å². The zero-order valence-electron chi connectivity index (χ0n) is 13.2. The fourth-order valence-electron chi connectivity index (χ4n) is 2.20. The average molecular weight is 350 g/mol. The molecule has 0 unspecified atom stereocenters. The lowest BCUT2D eigenvalue weighted by Gasteiger charge is -2.19. The summed E-state index contributed by atoms with van der Waals surface area (Å²) < 4.78 is 37.0. The smallest absolute Gasteiger partial charge is 0.345 e. The maximum absolute atomic E-state index is 12.3. The number of halogens is 3. The van der Waals surface area contributed by atoms with Crippen LogP contribution in [0.4, 0.5) is 13.2 Å². The van der Waals surface area contributed by atoms with Crippen molar-refractivity contribution >= 4 is 11.8 Å². The second kappa shape index (κ2) is 8.32. The van der Waals surface area contributed by atoms with Gasteiger partial charge in [-0.05, 0) is 17.7 Å². The summed E-state index contributed by atoms with van der Waals surface area (Å²) >= 11 is 0. The first-order valence-corrected chi connectivity index (χ1v) is 7.59. The van der Waals surface area contributed by atoms with E-state index in [4.69, 9.17) is 0 Å². The molecule has 2 aromatic carbocycles. The summed E-state index contributed by atoms with van der Waals surface area (Å²) in [7, 11) is 0. The monoisotopic (exact) mass is 350 g/mol. The van der Waals surface area contributed by atoms with E-state index in [-0.39, 0.29) is 6.42 Å². The molecule has 0 aliphatic carbocycles. The van der Waals surface area contributed by atoms with Gasteiger partial charge in [0.15, 0.2) is 0 Å². The SMILES string of the molecule is O=C(N[C@H](Cc1ccccc1)C(=O)NCC(F)(F)F)c1ccccc1. The molecule has 2 aromatic rings. The van der Waals surface area contributed by atoms with Crippen LogP contribution in [-0.4, -0.2) is 30.6 Å². The Morgan fingerprint density at radius 3 is 2.04 bits per heavy atom. The van der Waals surface area contributed by atoms with Gasteiger partial charge in [-0.1, -0.05) is 48.5 Å². The predicted molar refractivity (Wildman–Crippen MR) is 86.9 cm³/mol. The lowest BCUT2D eigenvalue weighted by atomic mass is 10.0. The highest BCUT2D eigenvalue weighted by molar-refractivity contribution is 5.97. The molecule has 25 heavy (non-hydrogen) atoms. The summed E-state index contributed by atoms with van der Waals surface area (Å²) in [6.07, 6.45) is -4.43. The minimum absolute atomic E-state index is 0.0864. The summed E-state index contributed by atoms with van der Waals surface area (Å²) in [4.78, 5) is 24.4. The van der Waals surface area contributed by atoms with Crippen LogP contribution in [0.25, 0.3) is 0 Å². The largest absolute Gasteiger partial charge is 0.405 e. The zero-order valence-corrected chi connectivity index (χ0v) is 13.2. The fraction of sp³-hybridized carbons (Fsp3) is 0.222. The molecule has 0 aromatic heterocycles. The highest BCUT2D eigenvalue weighted by Crippen LogP contribution is 2.13. The third-order valence-corrected chi connectivity index (χ3v) is 3.40. The van der Waals surface area contributed by atoms with Gasteiger partial charge in [0, 0.05) is 12.0 Å². The first kappa shape index (κ1) is 18.5. The van der Waals surface area contributed by atoms with E-state index in [0.29, 0.717) is 5.56 Å². The van der Waals surface area contributed by atoms with Crippen LogP contribution in [0.1, 0.15) is 15.9 Å². The molecule has 0 radical (unpaired) electrons. The maximum Gasteiger partial charge on any atom is 0.405 e. The molecule has 4 nitrogen and oxygen atoms in total. The number of carbonyl (C=O) groups is 2. The number of hydrogen-bond donors (Lipinski definition) is 2. The van der Waals surface area contributed by atoms with Gasteiger partial charge in [0.1, 0.15) is 12.6 Å². The van der Waals surface area contributed by atoms with E-state index in [1.54, 1.807) is 60.7 Å². The summed E-state index contributed by atoms with van der Waals surface area (Å²) in [6.45, 7) is -1.45. The van der Waals surface area contributed by atoms with Crippen LogP contribution < -0.4 is 10.6 Å². The second-order valence-electron chi connectivity index (χ2n) is 5.41. The average Bonchev–Trinajstić information content (AvgIpc) is 2.60. The molecule has 132 valence electrons. The van der Waals surface area contributed by atoms with Crippen molar-refractivity contribution in [2.45, 2.75) is 18.6 Å². The lowest BCUT2D eigenvalue weighted by Crippen LogP contribution is -2.49. The van der Waals surface area contributed by atoms with Crippen molar-refractivity contribution in [2.75, 3.05) is 6.54 Å². The van der Waals surface area contributed by atoms with Gasteiger partial charge in [-0.15, -0.1) is 0 Å². The van der Waals surface area contributed by atoms with Crippen LogP contribution in [0.2, 0.25) is 0 Å². The third-order valence-electron chi connectivity index (χ3n) is 3.40. The van der Waals surface area contributed by atoms with Crippen molar-refractivity contribution < 1.29 is 22.8 Å². The minimum atomic E-state index is -4.52. The number of alkyl halides is 3. The zero-order chi connectivity index (χ0) is 18.3. The highest BCUT2D eigenvalue weighted by Gasteiger charge is 2.30. The molecule has 2 rings (SSSR count). The molecular formula is C18H17F3N2O2. The van der Waals surface area contributed by atoms with Crippen LogP contribution in [0.3, 0.4) is 0 Å². The third kappa shape index (κ3) is 6.29. The molecule has 0 fully saturated rings. The molecule has 0 bridgehead atoms. The Morgan fingerprint density at radius 1 is 0.920 bits per heavy atom. The normalized spacial score (nSPS) is 12.3. The Kier molecular flexibility index (Phi) is 6.16. The Hall–Kier alpha value is -2.83. The van der Waals surface area contributed by atoms with E-state index < -0.39 is 30.6 Å². The summed E-state index contributed by atoms with van der Waals surface area (Å²) in [5, 5.41) is 4.32. The first-order valence-electron chi connectivity index (χ1n) is 7.59. The van der Waals surface area contributed by atoms with Crippen molar-refractivity contribution in [3.63, 3.8) is 0 Å². The molecular weight excluding hydrogens is 333 g/mol. The molecule has 2 amide bonds. The molecule has 2 N–H and O–H groups in total. The Labute approximate surface area is 143 Å². The highest BCUT2D eigenvalue weighted by atomic mass is 19.4. The number of amides is 2. The molecule has 7 heteroatoms. The van der Waals surface area contributed by atoms with Gasteiger partial charge < -0.3 is 10.6 Å². The predicted octanol–water partition coefficient (Wildman–Crippen LogP) is 2.71. The number of rotatable bonds is 6. The topological polar surface area (TPSA) is 58.2 Å². The Morgan fingerprint density at radius 2 is 1.48 bits per heavy atom. The van der Waals surface area contributed by atoms with Crippen LogP contribution >= 0.6 is 0 Å². The molecule has 0 saturated carbocycles. The van der Waals surface area contributed by atoms with Crippen LogP contribution in [-0.2, 0) is 11.2 Å². The lowest BCUT2D eigenvalue weighted by molar-refractivity contribution is -0.139. The molecule has 0 saturated heterocycles. The van der Waals surface area contributed by atoms with Gasteiger partial charge in [-0.2, -0.15) is 13.2 Å². The quantitative estimate of drug-likeness (QED) is 0.842. The van der Waals surface area contributed by atoms with E-state index in [2.05, 4.69) is 5.32 Å².